The van der Waals surface area contributed by atoms with Crippen molar-refractivity contribution in [3.8, 4) is 5.75 Å². The van der Waals surface area contributed by atoms with Crippen molar-refractivity contribution >= 4 is 11.9 Å². The maximum absolute atomic E-state index is 13.8. The van der Waals surface area contributed by atoms with Crippen molar-refractivity contribution in [2.24, 2.45) is 10.9 Å². The fourth-order valence-electron chi connectivity index (χ4n) is 2.92. The summed E-state index contributed by atoms with van der Waals surface area (Å²) in [7, 11) is 3.16. The lowest BCUT2D eigenvalue weighted by Crippen LogP contribution is -2.46. The summed E-state index contributed by atoms with van der Waals surface area (Å²) in [6, 6.07) is 4.88. The third-order valence-corrected chi connectivity index (χ3v) is 4.29. The number of hydrogen-bond acceptors (Lipinski definition) is 4. The quantitative estimate of drug-likeness (QED) is 0.500. The minimum atomic E-state index is -0.382. The largest absolute Gasteiger partial charge is 0.494 e. The molecule has 1 fully saturated rings. The maximum Gasteiger partial charge on any atom is 0.309 e. The molecule has 0 radical (unpaired) electrons. The predicted octanol–water partition coefficient (Wildman–Crippen LogP) is 2.18. The third kappa shape index (κ3) is 5.08. The van der Waals surface area contributed by atoms with E-state index in [1.54, 1.807) is 13.1 Å². The Bertz CT molecular complexity index is 614. The Labute approximate surface area is 148 Å². The van der Waals surface area contributed by atoms with Crippen LogP contribution in [0.3, 0.4) is 0 Å². The van der Waals surface area contributed by atoms with Gasteiger partial charge in [-0.3, -0.25) is 9.79 Å². The second kappa shape index (κ2) is 9.25. The van der Waals surface area contributed by atoms with Gasteiger partial charge in [-0.1, -0.05) is 6.07 Å². The predicted molar refractivity (Wildman–Crippen MR) is 94.1 cm³/mol. The lowest BCUT2D eigenvalue weighted by Gasteiger charge is -2.33. The number of hydrogen-bond donors (Lipinski definition) is 1. The zero-order chi connectivity index (χ0) is 18.2. The van der Waals surface area contributed by atoms with Gasteiger partial charge in [0.05, 0.1) is 19.6 Å². The number of guanidine groups is 1. The normalized spacial score (nSPS) is 15.8. The van der Waals surface area contributed by atoms with Crippen molar-refractivity contribution in [3.05, 3.63) is 29.6 Å². The van der Waals surface area contributed by atoms with E-state index in [-0.39, 0.29) is 23.5 Å². The summed E-state index contributed by atoms with van der Waals surface area (Å²) < 4.78 is 23.8. The van der Waals surface area contributed by atoms with Gasteiger partial charge in [0.2, 0.25) is 0 Å². The van der Waals surface area contributed by atoms with Crippen molar-refractivity contribution in [2.45, 2.75) is 26.3 Å². The van der Waals surface area contributed by atoms with Crippen molar-refractivity contribution in [3.63, 3.8) is 0 Å². The van der Waals surface area contributed by atoms with Crippen molar-refractivity contribution in [2.75, 3.05) is 33.9 Å². The van der Waals surface area contributed by atoms with Crippen LogP contribution in [0.15, 0.2) is 23.2 Å². The average molecular weight is 351 g/mol. The van der Waals surface area contributed by atoms with Crippen molar-refractivity contribution < 1.29 is 18.7 Å². The molecule has 2 rings (SSSR count). The van der Waals surface area contributed by atoms with Crippen LogP contribution in [-0.4, -0.2) is 50.7 Å². The van der Waals surface area contributed by atoms with Crippen LogP contribution in [0.25, 0.3) is 0 Å². The van der Waals surface area contributed by atoms with E-state index in [0.29, 0.717) is 13.2 Å². The fourth-order valence-corrected chi connectivity index (χ4v) is 2.92. The molecule has 7 heteroatoms. The first-order chi connectivity index (χ1) is 12.1. The van der Waals surface area contributed by atoms with E-state index in [0.717, 1.165) is 37.5 Å². The summed E-state index contributed by atoms with van der Waals surface area (Å²) in [5, 5.41) is 3.24. The number of ether oxygens (including phenoxy) is 2. The van der Waals surface area contributed by atoms with Crippen molar-refractivity contribution in [1.29, 1.82) is 0 Å². The van der Waals surface area contributed by atoms with Crippen LogP contribution in [0.4, 0.5) is 4.39 Å². The molecule has 0 unspecified atom stereocenters. The number of benzene rings is 1. The van der Waals surface area contributed by atoms with E-state index in [4.69, 9.17) is 9.47 Å². The summed E-state index contributed by atoms with van der Waals surface area (Å²) in [4.78, 5) is 18.2. The lowest BCUT2D eigenvalue weighted by atomic mass is 9.97. The molecule has 138 valence electrons. The van der Waals surface area contributed by atoms with Crippen LogP contribution >= 0.6 is 0 Å². The first-order valence-electron chi connectivity index (χ1n) is 8.53. The molecule has 1 aromatic carbocycles. The highest BCUT2D eigenvalue weighted by molar-refractivity contribution is 5.80. The van der Waals surface area contributed by atoms with Crippen LogP contribution in [0.5, 0.6) is 5.75 Å². The zero-order valence-electron chi connectivity index (χ0n) is 15.0. The second-order valence-corrected chi connectivity index (χ2v) is 5.88. The van der Waals surface area contributed by atoms with Crippen LogP contribution in [0, 0.1) is 11.7 Å². The van der Waals surface area contributed by atoms with Gasteiger partial charge in [-0.2, -0.15) is 0 Å². The molecule has 0 bridgehead atoms. The molecule has 1 heterocycles. The molecule has 0 amide bonds. The number of nitrogens with one attached hydrogen (secondary N) is 1. The number of piperidine rings is 1. The van der Waals surface area contributed by atoms with E-state index in [1.807, 2.05) is 13.0 Å². The van der Waals surface area contributed by atoms with Crippen LogP contribution in [0.2, 0.25) is 0 Å². The van der Waals surface area contributed by atoms with Gasteiger partial charge in [0, 0.05) is 26.7 Å². The van der Waals surface area contributed by atoms with Gasteiger partial charge in [0.15, 0.2) is 17.5 Å². The second-order valence-electron chi connectivity index (χ2n) is 5.88. The number of rotatable bonds is 5. The Hall–Kier alpha value is -2.31. The van der Waals surface area contributed by atoms with Crippen molar-refractivity contribution in [1.82, 2.24) is 10.2 Å². The van der Waals surface area contributed by atoms with E-state index in [2.05, 4.69) is 15.2 Å². The molecule has 1 aliphatic heterocycles. The first kappa shape index (κ1) is 19.0. The van der Waals surface area contributed by atoms with Gasteiger partial charge in [-0.15, -0.1) is 0 Å². The third-order valence-electron chi connectivity index (χ3n) is 4.29. The molecule has 1 saturated heterocycles. The highest BCUT2D eigenvalue weighted by Gasteiger charge is 2.27. The summed E-state index contributed by atoms with van der Waals surface area (Å²) >= 11 is 0. The van der Waals surface area contributed by atoms with E-state index in [9.17, 15) is 9.18 Å². The Kier molecular flexibility index (Phi) is 7.03. The van der Waals surface area contributed by atoms with E-state index < -0.39 is 0 Å². The summed E-state index contributed by atoms with van der Waals surface area (Å²) in [5.41, 5.74) is 0.806. The van der Waals surface area contributed by atoms with Gasteiger partial charge in [-0.25, -0.2) is 4.39 Å². The minimum Gasteiger partial charge on any atom is -0.494 e. The molecule has 0 saturated carbocycles. The lowest BCUT2D eigenvalue weighted by molar-refractivity contribution is -0.149. The summed E-state index contributed by atoms with van der Waals surface area (Å²) in [5.74, 6) is 0.448. The summed E-state index contributed by atoms with van der Waals surface area (Å²) in [6.07, 6.45) is 1.49. The molecule has 1 N–H and O–H groups in total. The molecule has 0 aromatic heterocycles. The van der Waals surface area contributed by atoms with Gasteiger partial charge < -0.3 is 19.7 Å². The molecule has 1 aromatic rings. The molecule has 0 spiro atoms. The first-order valence-corrected chi connectivity index (χ1v) is 8.53. The van der Waals surface area contributed by atoms with Crippen LogP contribution in [0.1, 0.15) is 25.3 Å². The minimum absolute atomic E-state index is 0.0370. The Morgan fingerprint density at radius 1 is 1.40 bits per heavy atom. The smallest absolute Gasteiger partial charge is 0.309 e. The van der Waals surface area contributed by atoms with E-state index in [1.165, 1.54) is 13.2 Å². The SMILES string of the molecule is CCOC(=O)C1CCN(C(=NC)NCc2ccc(OC)c(F)c2)CC1. The number of methoxy groups -OCH3 is 1. The molecule has 1 aliphatic rings. The topological polar surface area (TPSA) is 63.2 Å². The highest BCUT2D eigenvalue weighted by Crippen LogP contribution is 2.20. The number of aliphatic imine (C=N–C) groups is 1. The molecule has 6 nitrogen and oxygen atoms in total. The van der Waals surface area contributed by atoms with Gasteiger partial charge in [0.25, 0.3) is 0 Å². The number of nitrogens with zero attached hydrogens (tertiary/aromatic N) is 2. The van der Waals surface area contributed by atoms with Gasteiger partial charge >= 0.3 is 5.97 Å². The summed E-state index contributed by atoms with van der Waals surface area (Å²) in [6.45, 7) is 4.17. The Balaban J connectivity index is 1.87. The molecule has 25 heavy (non-hydrogen) atoms. The molecular formula is C18H26FN3O3. The average Bonchev–Trinajstić information content (AvgIpc) is 2.63. The Morgan fingerprint density at radius 2 is 2.12 bits per heavy atom. The van der Waals surface area contributed by atoms with Gasteiger partial charge in [-0.05, 0) is 37.5 Å². The van der Waals surface area contributed by atoms with Crippen LogP contribution < -0.4 is 10.1 Å². The fraction of sp³-hybridized carbons (Fsp3) is 0.556. The maximum atomic E-state index is 13.8. The number of carbonyl (C=O) groups excluding carboxylic acids is 1. The number of esters is 1. The standard InChI is InChI=1S/C18H26FN3O3/c1-4-25-17(23)14-7-9-22(10-8-14)18(20-2)21-12-13-5-6-16(24-3)15(19)11-13/h5-6,11,14H,4,7-10,12H2,1-3H3,(H,20,21). The number of halogens is 1. The molecular weight excluding hydrogens is 325 g/mol. The molecule has 0 aliphatic carbocycles. The van der Waals surface area contributed by atoms with Gasteiger partial charge in [0.1, 0.15) is 0 Å². The number of likely N-dealkylation sites (tertiary alicyclic amines) is 1. The zero-order valence-corrected chi connectivity index (χ0v) is 15.0. The Morgan fingerprint density at radius 3 is 2.68 bits per heavy atom. The van der Waals surface area contributed by atoms with Crippen LogP contribution in [-0.2, 0) is 16.1 Å². The molecule has 0 atom stereocenters. The monoisotopic (exact) mass is 351 g/mol. The van der Waals surface area contributed by atoms with E-state index >= 15 is 0 Å². The number of carbonyl (C=O) groups is 1. The highest BCUT2D eigenvalue weighted by atomic mass is 19.1.